The summed E-state index contributed by atoms with van der Waals surface area (Å²) in [6, 6.07) is 0. The molecule has 0 radical (unpaired) electrons. The van der Waals surface area contributed by atoms with Crippen LogP contribution in [0.5, 0.6) is 0 Å². The van der Waals surface area contributed by atoms with Crippen molar-refractivity contribution in [2.75, 3.05) is 5.88 Å². The van der Waals surface area contributed by atoms with E-state index >= 15 is 0 Å². The Morgan fingerprint density at radius 2 is 2.22 bits per heavy atom. The minimum atomic E-state index is 0.597. The van der Waals surface area contributed by atoms with Crippen molar-refractivity contribution in [3.05, 3.63) is 23.3 Å². The van der Waals surface area contributed by atoms with Gasteiger partial charge in [-0.2, -0.15) is 0 Å². The Morgan fingerprint density at radius 1 is 1.67 bits per heavy atom. The summed E-state index contributed by atoms with van der Waals surface area (Å²) >= 11 is 11.0. The molecule has 0 fully saturated rings. The quantitative estimate of drug-likeness (QED) is 0.444. The first kappa shape index (κ1) is 9.06. The molecule has 0 heterocycles. The molecule has 0 saturated carbocycles. The first-order valence-corrected chi connectivity index (χ1v) is 3.67. The number of rotatable bonds is 3. The molecule has 0 saturated heterocycles. The summed E-state index contributed by atoms with van der Waals surface area (Å²) in [6.45, 7) is 5.48. The minimum Gasteiger partial charge on any atom is -0.126 e. The van der Waals surface area contributed by atoms with E-state index in [9.17, 15) is 0 Å². The van der Waals surface area contributed by atoms with Crippen LogP contribution in [-0.2, 0) is 0 Å². The average Bonchev–Trinajstić information content (AvgIpc) is 1.82. The van der Waals surface area contributed by atoms with E-state index in [1.54, 1.807) is 0 Å². The van der Waals surface area contributed by atoms with Crippen molar-refractivity contribution >= 4 is 23.2 Å². The molecule has 2 heteroatoms. The van der Waals surface area contributed by atoms with E-state index < -0.39 is 0 Å². The second-order valence-corrected chi connectivity index (χ2v) is 2.60. The van der Waals surface area contributed by atoms with Gasteiger partial charge in [-0.25, -0.2) is 0 Å². The van der Waals surface area contributed by atoms with Gasteiger partial charge >= 0.3 is 0 Å². The first-order valence-electron chi connectivity index (χ1n) is 2.76. The van der Waals surface area contributed by atoms with E-state index in [0.717, 1.165) is 12.0 Å². The van der Waals surface area contributed by atoms with Gasteiger partial charge in [0.15, 0.2) is 0 Å². The van der Waals surface area contributed by atoms with Crippen molar-refractivity contribution in [2.24, 2.45) is 0 Å². The van der Waals surface area contributed by atoms with Crippen LogP contribution in [0.2, 0.25) is 0 Å². The molecular weight excluding hydrogens is 155 g/mol. The fourth-order valence-corrected chi connectivity index (χ4v) is 0.568. The summed E-state index contributed by atoms with van der Waals surface area (Å²) in [4.78, 5) is 0. The third-order valence-electron chi connectivity index (χ3n) is 0.988. The Kier molecular flexibility index (Phi) is 4.93. The lowest BCUT2D eigenvalue weighted by molar-refractivity contribution is 1.20. The van der Waals surface area contributed by atoms with E-state index in [4.69, 9.17) is 23.2 Å². The maximum Gasteiger partial charge on any atom is 0.0360 e. The van der Waals surface area contributed by atoms with Gasteiger partial charge < -0.3 is 0 Å². The highest BCUT2D eigenvalue weighted by molar-refractivity contribution is 6.31. The maximum absolute atomic E-state index is 5.56. The zero-order chi connectivity index (χ0) is 7.28. The lowest BCUT2D eigenvalue weighted by Crippen LogP contribution is -1.74. The second kappa shape index (κ2) is 4.89. The number of hydrogen-bond donors (Lipinski definition) is 0. The summed E-state index contributed by atoms with van der Waals surface area (Å²) < 4.78 is 0. The number of hydrogen-bond acceptors (Lipinski definition) is 0. The van der Waals surface area contributed by atoms with Crippen LogP contribution in [0.1, 0.15) is 13.3 Å². The van der Waals surface area contributed by atoms with Crippen LogP contribution in [0.25, 0.3) is 0 Å². The molecule has 0 unspecified atom stereocenters. The molecule has 0 atom stereocenters. The predicted octanol–water partition coefficient (Wildman–Crippen LogP) is 3.31. The summed E-state index contributed by atoms with van der Waals surface area (Å²) in [5.74, 6) is 0.640. The molecule has 0 bridgehead atoms. The highest BCUT2D eigenvalue weighted by Gasteiger charge is 1.88. The molecule has 0 amide bonds. The zero-order valence-electron chi connectivity index (χ0n) is 5.45. The third kappa shape index (κ3) is 4.56. The smallest absolute Gasteiger partial charge is 0.0360 e. The van der Waals surface area contributed by atoms with Crippen LogP contribution >= 0.6 is 23.2 Å². The van der Waals surface area contributed by atoms with Crippen LogP contribution in [-0.4, -0.2) is 5.88 Å². The highest BCUT2D eigenvalue weighted by atomic mass is 35.5. The van der Waals surface area contributed by atoms with E-state index in [1.165, 1.54) is 0 Å². The molecule has 0 aromatic rings. The lowest BCUT2D eigenvalue weighted by Gasteiger charge is -1.93. The Bertz CT molecular complexity index is 125. The average molecular weight is 165 g/mol. The monoisotopic (exact) mass is 164 g/mol. The van der Waals surface area contributed by atoms with Gasteiger partial charge in [0.25, 0.3) is 0 Å². The van der Waals surface area contributed by atoms with Gasteiger partial charge in [0.1, 0.15) is 0 Å². The number of allylic oxidation sites excluding steroid dienone is 3. The largest absolute Gasteiger partial charge is 0.126 e. The summed E-state index contributed by atoms with van der Waals surface area (Å²) in [7, 11) is 0. The zero-order valence-corrected chi connectivity index (χ0v) is 6.97. The van der Waals surface area contributed by atoms with Crippen LogP contribution in [0.15, 0.2) is 23.3 Å². The summed E-state index contributed by atoms with van der Waals surface area (Å²) in [6.07, 6.45) is 2.83. The van der Waals surface area contributed by atoms with Gasteiger partial charge in [-0.3, -0.25) is 0 Å². The summed E-state index contributed by atoms with van der Waals surface area (Å²) in [5, 5.41) is 0.597. The predicted molar refractivity (Wildman–Crippen MR) is 44.1 cm³/mol. The van der Waals surface area contributed by atoms with Crippen LogP contribution in [0.3, 0.4) is 0 Å². The Labute approximate surface area is 66.2 Å². The molecule has 0 aromatic carbocycles. The molecular formula is C7H10Cl2. The van der Waals surface area contributed by atoms with Gasteiger partial charge in [-0.05, 0) is 18.9 Å². The van der Waals surface area contributed by atoms with E-state index in [0.29, 0.717) is 10.9 Å². The van der Waals surface area contributed by atoms with Crippen molar-refractivity contribution in [3.8, 4) is 0 Å². The second-order valence-electron chi connectivity index (χ2n) is 1.77. The molecule has 0 nitrogen and oxygen atoms in total. The summed E-state index contributed by atoms with van der Waals surface area (Å²) in [5.41, 5.74) is 1.01. The molecule has 0 aliphatic carbocycles. The Morgan fingerprint density at radius 3 is 2.56 bits per heavy atom. The number of halogens is 2. The van der Waals surface area contributed by atoms with Crippen LogP contribution < -0.4 is 0 Å². The number of alkyl halides is 1. The molecule has 0 aliphatic rings. The van der Waals surface area contributed by atoms with E-state index in [2.05, 4.69) is 6.58 Å². The van der Waals surface area contributed by atoms with Gasteiger partial charge in [0.2, 0.25) is 0 Å². The maximum atomic E-state index is 5.56. The topological polar surface area (TPSA) is 0 Å². The minimum absolute atomic E-state index is 0.597. The first-order chi connectivity index (χ1) is 4.18. The third-order valence-corrected chi connectivity index (χ3v) is 1.50. The van der Waals surface area contributed by atoms with E-state index in [1.807, 2.05) is 13.0 Å². The Hall–Kier alpha value is 0.0600. The lowest BCUT2D eigenvalue weighted by atomic mass is 10.2. The normalized spacial score (nSPS) is 11.7. The van der Waals surface area contributed by atoms with Crippen molar-refractivity contribution < 1.29 is 0 Å². The molecule has 0 N–H and O–H groups in total. The van der Waals surface area contributed by atoms with Gasteiger partial charge in [0.05, 0.1) is 0 Å². The van der Waals surface area contributed by atoms with Crippen molar-refractivity contribution in [1.82, 2.24) is 0 Å². The molecule has 0 aromatic heterocycles. The van der Waals surface area contributed by atoms with Crippen molar-refractivity contribution in [1.29, 1.82) is 0 Å². The van der Waals surface area contributed by atoms with Crippen molar-refractivity contribution in [2.45, 2.75) is 13.3 Å². The standard InChI is InChI=1S/C7H10Cl2/c1-6(7(2)9)4-3-5-8/h4H,2-3,5H2,1H3/b6-4+. The Balaban J connectivity index is 3.69. The fraction of sp³-hybridized carbons (Fsp3) is 0.429. The molecule has 0 aliphatic heterocycles. The molecule has 9 heavy (non-hydrogen) atoms. The fourth-order valence-electron chi connectivity index (χ4n) is 0.382. The molecule has 0 spiro atoms. The van der Waals surface area contributed by atoms with Gasteiger partial charge in [-0.1, -0.05) is 24.3 Å². The molecule has 52 valence electrons. The van der Waals surface area contributed by atoms with E-state index in [-0.39, 0.29) is 0 Å². The van der Waals surface area contributed by atoms with Crippen LogP contribution in [0, 0.1) is 0 Å². The van der Waals surface area contributed by atoms with Gasteiger partial charge in [-0.15, -0.1) is 11.6 Å². The van der Waals surface area contributed by atoms with Crippen molar-refractivity contribution in [3.63, 3.8) is 0 Å². The molecule has 0 rings (SSSR count). The van der Waals surface area contributed by atoms with Crippen LogP contribution in [0.4, 0.5) is 0 Å². The van der Waals surface area contributed by atoms with Gasteiger partial charge in [0, 0.05) is 10.9 Å². The SMILES string of the molecule is C=C(Cl)/C(C)=C/CCCl. The highest BCUT2D eigenvalue weighted by Crippen LogP contribution is 2.11.